The maximum atomic E-state index is 13.3. The van der Waals surface area contributed by atoms with Crippen molar-refractivity contribution in [2.24, 2.45) is 0 Å². The number of rotatable bonds is 4. The molecule has 0 saturated heterocycles. The first kappa shape index (κ1) is 17.5. The summed E-state index contributed by atoms with van der Waals surface area (Å²) in [4.78, 5) is 34.1. The predicted octanol–water partition coefficient (Wildman–Crippen LogP) is 2.84. The predicted molar refractivity (Wildman–Crippen MR) is 75.9 cm³/mol. The van der Waals surface area contributed by atoms with E-state index >= 15 is 0 Å². The van der Waals surface area contributed by atoms with Crippen molar-refractivity contribution in [1.29, 1.82) is 0 Å². The Hall–Kier alpha value is -2.51. The lowest BCUT2D eigenvalue weighted by molar-refractivity contribution is -0.387. The van der Waals surface area contributed by atoms with E-state index in [0.29, 0.717) is 6.29 Å². The molecule has 0 aliphatic rings. The molecule has 0 N–H and O–H groups in total. The fourth-order valence-corrected chi connectivity index (χ4v) is 1.69. The minimum Gasteiger partial charge on any atom is -0.444 e. The van der Waals surface area contributed by atoms with E-state index in [1.165, 1.54) is 13.1 Å². The molecule has 0 aromatic heterocycles. The molecule has 0 saturated carbocycles. The zero-order valence-electron chi connectivity index (χ0n) is 12.7. The molecule has 22 heavy (non-hydrogen) atoms. The second kappa shape index (κ2) is 6.50. The number of carbonyl (C=O) groups is 2. The smallest absolute Gasteiger partial charge is 0.410 e. The molecule has 1 atom stereocenters. The number of likely N-dealkylation sites (N-methyl/N-ethyl adjacent to an activating group) is 1. The van der Waals surface area contributed by atoms with Gasteiger partial charge in [-0.3, -0.25) is 15.0 Å². The van der Waals surface area contributed by atoms with Gasteiger partial charge in [0.25, 0.3) is 0 Å². The molecule has 7 nitrogen and oxygen atoms in total. The van der Waals surface area contributed by atoms with Crippen LogP contribution < -0.4 is 0 Å². The van der Waals surface area contributed by atoms with Crippen molar-refractivity contribution in [1.82, 2.24) is 4.90 Å². The molecule has 0 bridgehead atoms. The summed E-state index contributed by atoms with van der Waals surface area (Å²) in [5, 5.41) is 10.7. The van der Waals surface area contributed by atoms with Gasteiger partial charge in [-0.05, 0) is 32.4 Å². The Kier molecular flexibility index (Phi) is 5.19. The van der Waals surface area contributed by atoms with E-state index in [2.05, 4.69) is 0 Å². The molecule has 0 heterocycles. The standard InChI is InChI=1S/C14H17FN2O5/c1-14(2,3)22-13(19)16(4)12(8-18)9-5-6-10(15)11(7-9)17(20)21/h5-8,12H,1-4H3. The van der Waals surface area contributed by atoms with Gasteiger partial charge < -0.3 is 9.53 Å². The molecule has 8 heteroatoms. The fraction of sp³-hybridized carbons (Fsp3) is 0.429. The van der Waals surface area contributed by atoms with E-state index in [1.54, 1.807) is 20.8 Å². The van der Waals surface area contributed by atoms with Crippen molar-refractivity contribution in [3.63, 3.8) is 0 Å². The van der Waals surface area contributed by atoms with Gasteiger partial charge in [-0.15, -0.1) is 0 Å². The van der Waals surface area contributed by atoms with Crippen LogP contribution in [0.4, 0.5) is 14.9 Å². The molecule has 1 unspecified atom stereocenters. The molecular weight excluding hydrogens is 295 g/mol. The van der Waals surface area contributed by atoms with Crippen LogP contribution >= 0.6 is 0 Å². The first-order chi connectivity index (χ1) is 10.1. The van der Waals surface area contributed by atoms with Gasteiger partial charge in [-0.2, -0.15) is 4.39 Å². The number of benzene rings is 1. The summed E-state index contributed by atoms with van der Waals surface area (Å²) >= 11 is 0. The van der Waals surface area contributed by atoms with Gasteiger partial charge in [0.2, 0.25) is 5.82 Å². The summed E-state index contributed by atoms with van der Waals surface area (Å²) in [5.41, 5.74) is -1.40. The molecule has 0 aliphatic carbocycles. The molecule has 1 rings (SSSR count). The van der Waals surface area contributed by atoms with Crippen molar-refractivity contribution in [3.8, 4) is 0 Å². The Balaban J connectivity index is 3.11. The summed E-state index contributed by atoms with van der Waals surface area (Å²) in [7, 11) is 1.32. The number of nitro groups is 1. The van der Waals surface area contributed by atoms with E-state index in [-0.39, 0.29) is 5.56 Å². The molecule has 1 aromatic rings. The molecule has 1 amide bonds. The third-order valence-corrected chi connectivity index (χ3v) is 2.74. The van der Waals surface area contributed by atoms with Gasteiger partial charge in [0, 0.05) is 13.1 Å². The van der Waals surface area contributed by atoms with Crippen LogP contribution in [0.2, 0.25) is 0 Å². The lowest BCUT2D eigenvalue weighted by atomic mass is 10.1. The average molecular weight is 312 g/mol. The average Bonchev–Trinajstić information content (AvgIpc) is 2.38. The highest BCUT2D eigenvalue weighted by atomic mass is 19.1. The SMILES string of the molecule is CN(C(=O)OC(C)(C)C)C(C=O)c1ccc(F)c([N+](=O)[O-])c1. The number of nitrogens with zero attached hydrogens (tertiary/aromatic N) is 2. The first-order valence-corrected chi connectivity index (χ1v) is 6.41. The number of hydrogen-bond acceptors (Lipinski definition) is 5. The van der Waals surface area contributed by atoms with Crippen LogP contribution in [0.5, 0.6) is 0 Å². The zero-order valence-corrected chi connectivity index (χ0v) is 12.7. The van der Waals surface area contributed by atoms with E-state index in [9.17, 15) is 24.1 Å². The van der Waals surface area contributed by atoms with E-state index in [1.807, 2.05) is 0 Å². The highest BCUT2D eigenvalue weighted by molar-refractivity contribution is 5.75. The van der Waals surface area contributed by atoms with E-state index in [0.717, 1.165) is 17.0 Å². The van der Waals surface area contributed by atoms with Gasteiger partial charge in [0.05, 0.1) is 4.92 Å². The van der Waals surface area contributed by atoms with Crippen LogP contribution in [0.25, 0.3) is 0 Å². The van der Waals surface area contributed by atoms with Crippen LogP contribution in [0, 0.1) is 15.9 Å². The third-order valence-electron chi connectivity index (χ3n) is 2.74. The number of carbonyl (C=O) groups excluding carboxylic acids is 2. The zero-order chi connectivity index (χ0) is 17.1. The quantitative estimate of drug-likeness (QED) is 0.484. The summed E-state index contributed by atoms with van der Waals surface area (Å²) in [6, 6.07) is 1.90. The number of amides is 1. The minimum atomic E-state index is -1.12. The summed E-state index contributed by atoms with van der Waals surface area (Å²) < 4.78 is 18.5. The van der Waals surface area contributed by atoms with Gasteiger partial charge >= 0.3 is 11.8 Å². The molecule has 120 valence electrons. The number of ether oxygens (including phenoxy) is 1. The summed E-state index contributed by atoms with van der Waals surface area (Å²) in [5.74, 6) is -1.02. The van der Waals surface area contributed by atoms with Crippen LogP contribution in [0.15, 0.2) is 18.2 Å². The molecular formula is C14H17FN2O5. The molecule has 1 aromatic carbocycles. The fourth-order valence-electron chi connectivity index (χ4n) is 1.69. The highest BCUT2D eigenvalue weighted by Gasteiger charge is 2.28. The highest BCUT2D eigenvalue weighted by Crippen LogP contribution is 2.25. The first-order valence-electron chi connectivity index (χ1n) is 6.41. The van der Waals surface area contributed by atoms with Gasteiger partial charge in [-0.1, -0.05) is 6.07 Å². The molecule has 0 fully saturated rings. The number of aldehydes is 1. The molecule has 0 aliphatic heterocycles. The Morgan fingerprint density at radius 3 is 2.50 bits per heavy atom. The Bertz CT molecular complexity index is 597. The van der Waals surface area contributed by atoms with Crippen LogP contribution in [-0.2, 0) is 9.53 Å². The van der Waals surface area contributed by atoms with Gasteiger partial charge in [0.15, 0.2) is 0 Å². The molecule has 0 spiro atoms. The van der Waals surface area contributed by atoms with Crippen molar-refractivity contribution in [2.45, 2.75) is 32.4 Å². The normalized spacial score (nSPS) is 12.4. The number of hydrogen-bond donors (Lipinski definition) is 0. The van der Waals surface area contributed by atoms with Crippen molar-refractivity contribution in [2.75, 3.05) is 7.05 Å². The molecule has 0 radical (unpaired) electrons. The van der Waals surface area contributed by atoms with Crippen molar-refractivity contribution in [3.05, 3.63) is 39.7 Å². The second-order valence-corrected chi connectivity index (χ2v) is 5.64. The van der Waals surface area contributed by atoms with Gasteiger partial charge in [0.1, 0.15) is 17.9 Å². The lowest BCUT2D eigenvalue weighted by Gasteiger charge is -2.28. The summed E-state index contributed by atoms with van der Waals surface area (Å²) in [6.07, 6.45) is -0.336. The van der Waals surface area contributed by atoms with Crippen molar-refractivity contribution >= 4 is 18.1 Å². The minimum absolute atomic E-state index is 0.122. The van der Waals surface area contributed by atoms with Gasteiger partial charge in [-0.25, -0.2) is 4.79 Å². The van der Waals surface area contributed by atoms with Crippen LogP contribution in [-0.4, -0.2) is 34.9 Å². The topological polar surface area (TPSA) is 89.8 Å². The lowest BCUT2D eigenvalue weighted by Crippen LogP contribution is -2.37. The van der Waals surface area contributed by atoms with E-state index < -0.39 is 34.2 Å². The number of halogens is 1. The Morgan fingerprint density at radius 2 is 2.05 bits per heavy atom. The van der Waals surface area contributed by atoms with E-state index in [4.69, 9.17) is 4.74 Å². The maximum Gasteiger partial charge on any atom is 0.410 e. The number of nitro benzene ring substituents is 1. The van der Waals surface area contributed by atoms with Crippen molar-refractivity contribution < 1.29 is 23.6 Å². The van der Waals surface area contributed by atoms with Crippen LogP contribution in [0.1, 0.15) is 32.4 Å². The maximum absolute atomic E-state index is 13.3. The largest absolute Gasteiger partial charge is 0.444 e. The third kappa shape index (κ3) is 4.24. The Morgan fingerprint density at radius 1 is 1.45 bits per heavy atom. The summed E-state index contributed by atoms with van der Waals surface area (Å²) in [6.45, 7) is 4.99. The second-order valence-electron chi connectivity index (χ2n) is 5.64. The monoisotopic (exact) mass is 312 g/mol. The van der Waals surface area contributed by atoms with Crippen LogP contribution in [0.3, 0.4) is 0 Å². The Labute approximate surface area is 126 Å².